The van der Waals surface area contributed by atoms with Gasteiger partial charge >= 0.3 is 0 Å². The van der Waals surface area contributed by atoms with Crippen LogP contribution in [0.1, 0.15) is 32.1 Å². The third-order valence-electron chi connectivity index (χ3n) is 2.88. The van der Waals surface area contributed by atoms with Gasteiger partial charge in [0.1, 0.15) is 6.10 Å². The maximum Gasteiger partial charge on any atom is 0.183 e. The van der Waals surface area contributed by atoms with Gasteiger partial charge in [0.2, 0.25) is 0 Å². The van der Waals surface area contributed by atoms with Gasteiger partial charge in [-0.25, -0.2) is 0 Å². The van der Waals surface area contributed by atoms with E-state index in [0.717, 1.165) is 25.9 Å². The van der Waals surface area contributed by atoms with E-state index in [0.29, 0.717) is 12.8 Å². The molecule has 1 rings (SSSR count). The first-order chi connectivity index (χ1) is 8.31. The predicted molar refractivity (Wildman–Crippen MR) is 62.6 cm³/mol. The molecule has 0 spiro atoms. The Kier molecular flexibility index (Phi) is 7.72. The summed E-state index contributed by atoms with van der Waals surface area (Å²) < 4.78 is 21.8. The summed E-state index contributed by atoms with van der Waals surface area (Å²) in [7, 11) is 3.18. The van der Waals surface area contributed by atoms with Gasteiger partial charge in [-0.05, 0) is 32.1 Å². The summed E-state index contributed by atoms with van der Waals surface area (Å²) in [6.45, 7) is 0.896. The molecule has 0 radical (unpaired) electrons. The zero-order chi connectivity index (χ0) is 12.5. The van der Waals surface area contributed by atoms with Gasteiger partial charge in [0.05, 0.1) is 0 Å². The minimum atomic E-state index is -0.410. The van der Waals surface area contributed by atoms with Gasteiger partial charge in [0.15, 0.2) is 12.6 Å². The smallest absolute Gasteiger partial charge is 0.183 e. The Bertz CT molecular complexity index is 178. The van der Waals surface area contributed by atoms with Crippen molar-refractivity contribution in [1.29, 1.82) is 0 Å². The monoisotopic (exact) mass is 248 g/mol. The topological polar surface area (TPSA) is 57.2 Å². The molecule has 0 aromatic rings. The first-order valence-electron chi connectivity index (χ1n) is 6.25. The molecule has 0 aromatic heterocycles. The highest BCUT2D eigenvalue weighted by Gasteiger charge is 2.26. The summed E-state index contributed by atoms with van der Waals surface area (Å²) in [6.07, 6.45) is 3.73. The number of methoxy groups -OCH3 is 2. The number of hydrogen-bond acceptors (Lipinski definition) is 5. The molecule has 0 aromatic carbocycles. The Labute approximate surface area is 103 Å². The number of hydrogen-bond donors (Lipinski definition) is 1. The summed E-state index contributed by atoms with van der Waals surface area (Å²) in [5.41, 5.74) is 0. The third kappa shape index (κ3) is 5.31. The molecule has 1 aliphatic rings. The maximum absolute atomic E-state index is 8.88. The van der Waals surface area contributed by atoms with Crippen molar-refractivity contribution in [2.45, 2.75) is 50.8 Å². The zero-order valence-corrected chi connectivity index (χ0v) is 10.8. The van der Waals surface area contributed by atoms with E-state index >= 15 is 0 Å². The highest BCUT2D eigenvalue weighted by atomic mass is 16.7. The lowest BCUT2D eigenvalue weighted by Gasteiger charge is -2.31. The van der Waals surface area contributed by atoms with Crippen molar-refractivity contribution in [2.24, 2.45) is 0 Å². The largest absolute Gasteiger partial charge is 0.396 e. The number of rotatable bonds is 8. The Morgan fingerprint density at radius 3 is 2.59 bits per heavy atom. The van der Waals surface area contributed by atoms with Crippen LogP contribution in [0.5, 0.6) is 0 Å². The lowest BCUT2D eigenvalue weighted by atomic mass is 10.1. The van der Waals surface area contributed by atoms with Crippen molar-refractivity contribution in [2.75, 3.05) is 27.4 Å². The van der Waals surface area contributed by atoms with E-state index in [4.69, 9.17) is 24.1 Å². The fraction of sp³-hybridized carbons (Fsp3) is 1.00. The molecule has 2 atom stereocenters. The van der Waals surface area contributed by atoms with E-state index in [1.54, 1.807) is 14.2 Å². The lowest BCUT2D eigenvalue weighted by molar-refractivity contribution is -0.252. The zero-order valence-electron chi connectivity index (χ0n) is 10.8. The summed E-state index contributed by atoms with van der Waals surface area (Å²) in [5, 5.41) is 8.88. The van der Waals surface area contributed by atoms with Crippen LogP contribution in [-0.4, -0.2) is 51.2 Å². The summed E-state index contributed by atoms with van der Waals surface area (Å²) >= 11 is 0. The quantitative estimate of drug-likeness (QED) is 0.656. The van der Waals surface area contributed by atoms with Crippen molar-refractivity contribution < 1.29 is 24.1 Å². The summed E-state index contributed by atoms with van der Waals surface area (Å²) in [6, 6.07) is 0. The van der Waals surface area contributed by atoms with Crippen molar-refractivity contribution in [3.8, 4) is 0 Å². The van der Waals surface area contributed by atoms with Crippen molar-refractivity contribution in [3.63, 3.8) is 0 Å². The van der Waals surface area contributed by atoms with Crippen LogP contribution >= 0.6 is 0 Å². The van der Waals surface area contributed by atoms with E-state index in [2.05, 4.69) is 0 Å². The second kappa shape index (κ2) is 8.83. The molecule has 1 aliphatic heterocycles. The van der Waals surface area contributed by atoms with Crippen molar-refractivity contribution >= 4 is 0 Å². The summed E-state index contributed by atoms with van der Waals surface area (Å²) in [4.78, 5) is 0. The van der Waals surface area contributed by atoms with Gasteiger partial charge in [0.25, 0.3) is 0 Å². The first kappa shape index (κ1) is 14.9. The van der Waals surface area contributed by atoms with Crippen LogP contribution in [0.4, 0.5) is 0 Å². The molecule has 1 heterocycles. The van der Waals surface area contributed by atoms with Crippen LogP contribution in [0.3, 0.4) is 0 Å². The van der Waals surface area contributed by atoms with E-state index < -0.39 is 6.29 Å². The summed E-state index contributed by atoms with van der Waals surface area (Å²) in [5.74, 6) is 0. The van der Waals surface area contributed by atoms with Crippen LogP contribution in [0.2, 0.25) is 0 Å². The van der Waals surface area contributed by atoms with Crippen molar-refractivity contribution in [1.82, 2.24) is 0 Å². The average molecular weight is 248 g/mol. The molecule has 102 valence electrons. The van der Waals surface area contributed by atoms with Gasteiger partial charge in [0, 0.05) is 27.4 Å². The standard InChI is InChI=1S/C12H24O5/c1-14-12(15-2)10(6-5-8-13)17-11-7-3-4-9-16-11/h10-13H,3-9H2,1-2H3. The molecule has 0 bridgehead atoms. The van der Waals surface area contributed by atoms with Gasteiger partial charge in [-0.15, -0.1) is 0 Å². The van der Waals surface area contributed by atoms with Crippen LogP contribution < -0.4 is 0 Å². The van der Waals surface area contributed by atoms with Crippen LogP contribution in [-0.2, 0) is 18.9 Å². The number of aliphatic hydroxyl groups excluding tert-OH is 1. The molecule has 2 unspecified atom stereocenters. The first-order valence-corrected chi connectivity index (χ1v) is 6.25. The van der Waals surface area contributed by atoms with Crippen LogP contribution in [0.15, 0.2) is 0 Å². The second-order valence-electron chi connectivity index (χ2n) is 4.18. The lowest BCUT2D eigenvalue weighted by Crippen LogP contribution is -2.37. The minimum absolute atomic E-state index is 0.144. The highest BCUT2D eigenvalue weighted by molar-refractivity contribution is 4.65. The SMILES string of the molecule is COC(OC)C(CCCO)OC1CCCCO1. The van der Waals surface area contributed by atoms with Crippen molar-refractivity contribution in [3.05, 3.63) is 0 Å². The van der Waals surface area contributed by atoms with E-state index in [1.807, 2.05) is 0 Å². The predicted octanol–water partition coefficient (Wildman–Crippen LogP) is 1.29. The maximum atomic E-state index is 8.88. The highest BCUT2D eigenvalue weighted by Crippen LogP contribution is 2.20. The van der Waals surface area contributed by atoms with E-state index in [1.165, 1.54) is 0 Å². The second-order valence-corrected chi connectivity index (χ2v) is 4.18. The normalized spacial score (nSPS) is 22.9. The molecule has 5 heteroatoms. The number of ether oxygens (including phenoxy) is 4. The average Bonchev–Trinajstić information content (AvgIpc) is 2.38. The Morgan fingerprint density at radius 1 is 1.29 bits per heavy atom. The molecule has 1 fully saturated rings. The van der Waals surface area contributed by atoms with Gasteiger partial charge < -0.3 is 24.1 Å². The molecule has 0 aliphatic carbocycles. The Morgan fingerprint density at radius 2 is 2.06 bits per heavy atom. The van der Waals surface area contributed by atoms with Crippen LogP contribution in [0, 0.1) is 0 Å². The van der Waals surface area contributed by atoms with Gasteiger partial charge in [-0.3, -0.25) is 0 Å². The third-order valence-corrected chi connectivity index (χ3v) is 2.88. The molecule has 0 amide bonds. The molecule has 5 nitrogen and oxygen atoms in total. The van der Waals surface area contributed by atoms with E-state index in [9.17, 15) is 0 Å². The molecular weight excluding hydrogens is 224 g/mol. The molecular formula is C12H24O5. The molecule has 0 saturated carbocycles. The number of aliphatic hydroxyl groups is 1. The fourth-order valence-electron chi connectivity index (χ4n) is 1.97. The molecule has 17 heavy (non-hydrogen) atoms. The van der Waals surface area contributed by atoms with Gasteiger partial charge in [-0.1, -0.05) is 0 Å². The van der Waals surface area contributed by atoms with Crippen LogP contribution in [0.25, 0.3) is 0 Å². The fourth-order valence-corrected chi connectivity index (χ4v) is 1.97. The minimum Gasteiger partial charge on any atom is -0.396 e. The Balaban J connectivity index is 2.42. The Hall–Kier alpha value is -0.200. The molecule has 1 N–H and O–H groups in total. The van der Waals surface area contributed by atoms with E-state index in [-0.39, 0.29) is 19.0 Å². The molecule has 1 saturated heterocycles. The van der Waals surface area contributed by atoms with Gasteiger partial charge in [-0.2, -0.15) is 0 Å².